The van der Waals surface area contributed by atoms with Crippen molar-refractivity contribution in [3.05, 3.63) is 83.1 Å². The molecule has 2 aromatic carbocycles. The summed E-state index contributed by atoms with van der Waals surface area (Å²) >= 11 is 7.66. The van der Waals surface area contributed by atoms with Crippen molar-refractivity contribution < 1.29 is 0 Å². The molecule has 0 spiro atoms. The molecule has 2 aromatic heterocycles. The lowest BCUT2D eigenvalue weighted by atomic mass is 10.1. The van der Waals surface area contributed by atoms with Gasteiger partial charge in [0.2, 0.25) is 0 Å². The summed E-state index contributed by atoms with van der Waals surface area (Å²) in [6.07, 6.45) is 3.69. The molecule has 5 heteroatoms. The van der Waals surface area contributed by atoms with Crippen LogP contribution in [0.25, 0.3) is 16.8 Å². The Labute approximate surface area is 155 Å². The molecule has 0 atom stereocenters. The number of fused-ring (bicyclic) bond motifs is 1. The number of rotatable bonds is 4. The van der Waals surface area contributed by atoms with Gasteiger partial charge in [-0.15, -0.1) is 0 Å². The third-order valence-corrected chi connectivity index (χ3v) is 5.38. The van der Waals surface area contributed by atoms with Crippen LogP contribution in [0.2, 0.25) is 5.02 Å². The summed E-state index contributed by atoms with van der Waals surface area (Å²) in [7, 11) is 0. The Morgan fingerprint density at radius 2 is 1.88 bits per heavy atom. The van der Waals surface area contributed by atoms with Gasteiger partial charge < -0.3 is 0 Å². The van der Waals surface area contributed by atoms with E-state index in [1.807, 2.05) is 47.1 Å². The second-order valence-corrected chi connectivity index (χ2v) is 7.22. The Morgan fingerprint density at radius 3 is 2.68 bits per heavy atom. The lowest BCUT2D eigenvalue weighted by Gasteiger charge is -2.03. The molecule has 0 saturated heterocycles. The van der Waals surface area contributed by atoms with E-state index in [0.29, 0.717) is 0 Å². The molecule has 0 aliphatic heterocycles. The van der Waals surface area contributed by atoms with E-state index in [0.717, 1.165) is 32.6 Å². The second kappa shape index (κ2) is 6.90. The highest BCUT2D eigenvalue weighted by Gasteiger charge is 2.11. The number of nitrogens with zero attached hydrogens (tertiary/aromatic N) is 3. The number of thioether (sulfide) groups is 1. The van der Waals surface area contributed by atoms with Gasteiger partial charge in [-0.1, -0.05) is 59.8 Å². The zero-order valence-electron chi connectivity index (χ0n) is 13.7. The van der Waals surface area contributed by atoms with Crippen molar-refractivity contribution in [2.45, 2.75) is 17.7 Å². The van der Waals surface area contributed by atoms with E-state index < -0.39 is 0 Å². The number of hydrogen-bond acceptors (Lipinski definition) is 3. The maximum absolute atomic E-state index is 5.95. The summed E-state index contributed by atoms with van der Waals surface area (Å²) in [6.45, 7) is 2.10. The maximum atomic E-state index is 5.95. The van der Waals surface area contributed by atoms with Gasteiger partial charge >= 0.3 is 0 Å². The van der Waals surface area contributed by atoms with Crippen molar-refractivity contribution in [3.8, 4) is 11.3 Å². The Bertz CT molecular complexity index is 1020. The molecular weight excluding hydrogens is 350 g/mol. The summed E-state index contributed by atoms with van der Waals surface area (Å²) in [5.41, 5.74) is 5.59. The Morgan fingerprint density at radius 1 is 1.08 bits per heavy atom. The molecule has 3 nitrogen and oxygen atoms in total. The number of benzene rings is 2. The minimum atomic E-state index is 0.757. The van der Waals surface area contributed by atoms with E-state index in [-0.39, 0.29) is 0 Å². The van der Waals surface area contributed by atoms with E-state index in [1.54, 1.807) is 18.0 Å². The molecule has 25 heavy (non-hydrogen) atoms. The average molecular weight is 366 g/mol. The number of aryl methyl sites for hydroxylation is 1. The lowest BCUT2D eigenvalue weighted by Crippen LogP contribution is -1.91. The van der Waals surface area contributed by atoms with Crippen LogP contribution in [-0.4, -0.2) is 14.6 Å². The molecule has 0 aliphatic carbocycles. The first-order valence-corrected chi connectivity index (χ1v) is 9.35. The first kappa shape index (κ1) is 16.2. The van der Waals surface area contributed by atoms with E-state index in [2.05, 4.69) is 30.1 Å². The van der Waals surface area contributed by atoms with Gasteiger partial charge in [0.1, 0.15) is 5.03 Å². The van der Waals surface area contributed by atoms with Crippen LogP contribution < -0.4 is 0 Å². The molecule has 0 amide bonds. The quantitative estimate of drug-likeness (QED) is 0.438. The number of halogens is 1. The highest BCUT2D eigenvalue weighted by atomic mass is 35.5. The van der Waals surface area contributed by atoms with Gasteiger partial charge in [0.05, 0.1) is 11.2 Å². The predicted octanol–water partition coefficient (Wildman–Crippen LogP) is 5.65. The largest absolute Gasteiger partial charge is 0.246 e. The molecule has 0 fully saturated rings. The van der Waals surface area contributed by atoms with Crippen LogP contribution in [-0.2, 0) is 5.75 Å². The number of hydrogen-bond donors (Lipinski definition) is 0. The molecule has 0 N–H and O–H groups in total. The molecule has 0 radical (unpaired) electrons. The van der Waals surface area contributed by atoms with Crippen molar-refractivity contribution in [1.82, 2.24) is 14.6 Å². The minimum Gasteiger partial charge on any atom is -0.246 e. The van der Waals surface area contributed by atoms with E-state index in [4.69, 9.17) is 16.7 Å². The predicted molar refractivity (Wildman–Crippen MR) is 104 cm³/mol. The van der Waals surface area contributed by atoms with Gasteiger partial charge in [-0.3, -0.25) is 0 Å². The molecule has 0 bridgehead atoms. The van der Waals surface area contributed by atoms with Gasteiger partial charge in [-0.25, -0.2) is 9.50 Å². The summed E-state index contributed by atoms with van der Waals surface area (Å²) in [5, 5.41) is 6.45. The van der Waals surface area contributed by atoms with Crippen molar-refractivity contribution in [1.29, 1.82) is 0 Å². The van der Waals surface area contributed by atoms with Crippen LogP contribution in [0.3, 0.4) is 0 Å². The van der Waals surface area contributed by atoms with Gasteiger partial charge in [-0.2, -0.15) is 5.10 Å². The maximum Gasteiger partial charge on any atom is 0.122 e. The van der Waals surface area contributed by atoms with Gasteiger partial charge in [0, 0.05) is 28.7 Å². The molecule has 124 valence electrons. The highest BCUT2D eigenvalue weighted by molar-refractivity contribution is 7.98. The fourth-order valence-electron chi connectivity index (χ4n) is 2.73. The third-order valence-electron chi connectivity index (χ3n) is 4.06. The standard InChI is InChI=1S/C20H16ClN3S/c1-14-4-2-3-5-17(14)18-12-19-20(22-10-11-24(19)23-18)25-13-15-6-8-16(21)9-7-15/h2-12H,13H2,1H3. The SMILES string of the molecule is Cc1ccccc1-c1cc2c(SCc3ccc(Cl)cc3)nccn2n1. The molecule has 4 rings (SSSR count). The topological polar surface area (TPSA) is 30.2 Å². The van der Waals surface area contributed by atoms with Gasteiger partial charge in [0.25, 0.3) is 0 Å². The number of aromatic nitrogens is 3. The van der Waals surface area contributed by atoms with Crippen LogP contribution in [0.15, 0.2) is 72.0 Å². The molecular formula is C20H16ClN3S. The van der Waals surface area contributed by atoms with Crippen LogP contribution in [0.1, 0.15) is 11.1 Å². The minimum absolute atomic E-state index is 0.757. The monoisotopic (exact) mass is 365 g/mol. The van der Waals surface area contributed by atoms with Crippen LogP contribution in [0.4, 0.5) is 0 Å². The second-order valence-electron chi connectivity index (χ2n) is 5.82. The molecule has 2 heterocycles. The fourth-order valence-corrected chi connectivity index (χ4v) is 3.79. The zero-order chi connectivity index (χ0) is 17.2. The van der Waals surface area contributed by atoms with Crippen molar-refractivity contribution in [3.63, 3.8) is 0 Å². The smallest absolute Gasteiger partial charge is 0.122 e. The van der Waals surface area contributed by atoms with E-state index in [9.17, 15) is 0 Å². The van der Waals surface area contributed by atoms with Crippen LogP contribution in [0, 0.1) is 6.92 Å². The summed E-state index contributed by atoms with van der Waals surface area (Å²) in [4.78, 5) is 4.55. The Kier molecular flexibility index (Phi) is 4.47. The van der Waals surface area contributed by atoms with E-state index >= 15 is 0 Å². The van der Waals surface area contributed by atoms with Crippen molar-refractivity contribution in [2.24, 2.45) is 0 Å². The fraction of sp³-hybridized carbons (Fsp3) is 0.100. The van der Waals surface area contributed by atoms with Gasteiger partial charge in [0.15, 0.2) is 0 Å². The zero-order valence-corrected chi connectivity index (χ0v) is 15.3. The molecule has 0 unspecified atom stereocenters. The first-order valence-electron chi connectivity index (χ1n) is 7.98. The van der Waals surface area contributed by atoms with Crippen molar-refractivity contribution >= 4 is 28.9 Å². The molecule has 4 aromatic rings. The van der Waals surface area contributed by atoms with Crippen molar-refractivity contribution in [2.75, 3.05) is 0 Å². The van der Waals surface area contributed by atoms with Gasteiger partial charge in [-0.05, 0) is 36.2 Å². The van der Waals surface area contributed by atoms with Crippen LogP contribution in [0.5, 0.6) is 0 Å². The molecule has 0 aliphatic rings. The summed E-state index contributed by atoms with van der Waals surface area (Å²) < 4.78 is 1.90. The normalized spacial score (nSPS) is 11.1. The van der Waals surface area contributed by atoms with Crippen LogP contribution >= 0.6 is 23.4 Å². The summed E-state index contributed by atoms with van der Waals surface area (Å²) in [5.74, 6) is 0.842. The molecule has 0 saturated carbocycles. The summed E-state index contributed by atoms with van der Waals surface area (Å²) in [6, 6.07) is 18.3. The lowest BCUT2D eigenvalue weighted by molar-refractivity contribution is 0.920. The first-order chi connectivity index (χ1) is 12.2. The third kappa shape index (κ3) is 3.41. The Hall–Kier alpha value is -2.30. The average Bonchev–Trinajstić information content (AvgIpc) is 3.06. The van der Waals surface area contributed by atoms with E-state index in [1.165, 1.54) is 11.1 Å². The highest BCUT2D eigenvalue weighted by Crippen LogP contribution is 2.29. The Balaban J connectivity index is 1.66.